The summed E-state index contributed by atoms with van der Waals surface area (Å²) in [6, 6.07) is 9.38. The molecule has 0 spiro atoms. The Bertz CT molecular complexity index is 567. The van der Waals surface area contributed by atoms with E-state index in [9.17, 15) is 0 Å². The lowest BCUT2D eigenvalue weighted by Crippen LogP contribution is -2.45. The van der Waals surface area contributed by atoms with Crippen molar-refractivity contribution in [3.05, 3.63) is 35.4 Å². The number of hydrogen-bond acceptors (Lipinski definition) is 3. The maximum absolute atomic E-state index is 6.11. The first kappa shape index (κ1) is 20.2. The fourth-order valence-electron chi connectivity index (χ4n) is 4.13. The second kappa shape index (κ2) is 10.7. The number of piperazine rings is 1. The van der Waals surface area contributed by atoms with Crippen molar-refractivity contribution >= 4 is 5.96 Å². The van der Waals surface area contributed by atoms with Crippen molar-refractivity contribution in [3.63, 3.8) is 0 Å². The molecule has 0 radical (unpaired) electrons. The third kappa shape index (κ3) is 6.82. The molecule has 1 aliphatic heterocycles. The van der Waals surface area contributed by atoms with E-state index < -0.39 is 0 Å². The highest BCUT2D eigenvalue weighted by Crippen LogP contribution is 2.17. The summed E-state index contributed by atoms with van der Waals surface area (Å²) in [5.74, 6) is 0.597. The van der Waals surface area contributed by atoms with Crippen molar-refractivity contribution in [1.82, 2.24) is 15.1 Å². The number of rotatable bonds is 6. The van der Waals surface area contributed by atoms with Crippen LogP contribution in [0.25, 0.3) is 0 Å². The molecule has 1 saturated heterocycles. The van der Waals surface area contributed by atoms with Crippen LogP contribution in [0.2, 0.25) is 0 Å². The second-order valence-corrected chi connectivity index (χ2v) is 8.06. The van der Waals surface area contributed by atoms with Crippen LogP contribution < -0.4 is 11.1 Å². The number of benzene rings is 1. The van der Waals surface area contributed by atoms with E-state index in [4.69, 9.17) is 5.73 Å². The lowest BCUT2D eigenvalue weighted by atomic mass is 10.1. The average Bonchev–Trinajstić information content (AvgIpc) is 2.97. The molecule has 2 aliphatic rings. The Labute approximate surface area is 165 Å². The molecule has 27 heavy (non-hydrogen) atoms. The molecule has 1 aromatic rings. The van der Waals surface area contributed by atoms with Crippen LogP contribution in [0, 0.1) is 0 Å². The molecule has 1 saturated carbocycles. The van der Waals surface area contributed by atoms with Gasteiger partial charge in [-0.05, 0) is 30.5 Å². The predicted octanol–water partition coefficient (Wildman–Crippen LogP) is 2.95. The molecule has 1 aliphatic carbocycles. The minimum atomic E-state index is 0.506. The second-order valence-electron chi connectivity index (χ2n) is 8.06. The summed E-state index contributed by atoms with van der Waals surface area (Å²) < 4.78 is 0. The monoisotopic (exact) mass is 371 g/mol. The van der Waals surface area contributed by atoms with Gasteiger partial charge in [-0.1, -0.05) is 56.9 Å². The van der Waals surface area contributed by atoms with Gasteiger partial charge in [-0.2, -0.15) is 0 Å². The molecular weight excluding hydrogens is 334 g/mol. The third-order valence-electron chi connectivity index (χ3n) is 5.98. The standard InChI is InChI=1S/C22H37N5/c1-2-26-13-15-27(16-14-26)18-20-11-9-19(10-12-20)17-24-22(23)25-21-7-5-3-4-6-8-21/h9-12,21H,2-8,13-18H2,1H3,(H3,23,24,25). The van der Waals surface area contributed by atoms with Gasteiger partial charge in [0.05, 0.1) is 6.54 Å². The number of hydrogen-bond donors (Lipinski definition) is 2. The maximum Gasteiger partial charge on any atom is 0.189 e. The van der Waals surface area contributed by atoms with Crippen LogP contribution in [0.15, 0.2) is 29.3 Å². The first-order valence-corrected chi connectivity index (χ1v) is 10.8. The minimum Gasteiger partial charge on any atom is -0.370 e. The predicted molar refractivity (Wildman–Crippen MR) is 114 cm³/mol. The summed E-state index contributed by atoms with van der Waals surface area (Å²) in [4.78, 5) is 9.62. The Morgan fingerprint density at radius 2 is 1.56 bits per heavy atom. The fourth-order valence-corrected chi connectivity index (χ4v) is 4.13. The van der Waals surface area contributed by atoms with Gasteiger partial charge in [-0.25, -0.2) is 4.99 Å². The zero-order valence-electron chi connectivity index (χ0n) is 17.0. The summed E-state index contributed by atoms with van der Waals surface area (Å²) in [6.07, 6.45) is 7.76. The average molecular weight is 372 g/mol. The van der Waals surface area contributed by atoms with Crippen LogP contribution in [0.3, 0.4) is 0 Å². The Balaban J connectivity index is 1.43. The van der Waals surface area contributed by atoms with Crippen LogP contribution in [0.5, 0.6) is 0 Å². The van der Waals surface area contributed by atoms with Crippen molar-refractivity contribution in [1.29, 1.82) is 0 Å². The summed E-state index contributed by atoms with van der Waals surface area (Å²) in [6.45, 7) is 9.84. The van der Waals surface area contributed by atoms with Crippen molar-refractivity contribution < 1.29 is 0 Å². The Hall–Kier alpha value is -1.59. The van der Waals surface area contributed by atoms with Gasteiger partial charge >= 0.3 is 0 Å². The third-order valence-corrected chi connectivity index (χ3v) is 5.98. The summed E-state index contributed by atoms with van der Waals surface area (Å²) in [7, 11) is 0. The van der Waals surface area contributed by atoms with E-state index in [0.717, 1.165) is 6.54 Å². The molecule has 0 bridgehead atoms. The van der Waals surface area contributed by atoms with Crippen molar-refractivity contribution in [2.24, 2.45) is 10.7 Å². The molecule has 0 aromatic heterocycles. The molecule has 0 unspecified atom stereocenters. The number of nitrogens with two attached hydrogens (primary N) is 1. The molecular formula is C22H37N5. The molecule has 5 nitrogen and oxygen atoms in total. The van der Waals surface area contributed by atoms with Gasteiger partial charge in [0.25, 0.3) is 0 Å². The Morgan fingerprint density at radius 1 is 0.963 bits per heavy atom. The van der Waals surface area contributed by atoms with Crippen LogP contribution in [-0.4, -0.2) is 54.5 Å². The molecule has 0 atom stereocenters. The highest BCUT2D eigenvalue weighted by Gasteiger charge is 2.15. The van der Waals surface area contributed by atoms with Crippen LogP contribution >= 0.6 is 0 Å². The first-order chi connectivity index (χ1) is 13.2. The number of likely N-dealkylation sites (N-methyl/N-ethyl adjacent to an activating group) is 1. The lowest BCUT2D eigenvalue weighted by molar-refractivity contribution is 0.132. The van der Waals surface area contributed by atoms with Crippen LogP contribution in [-0.2, 0) is 13.1 Å². The number of guanidine groups is 1. The zero-order valence-corrected chi connectivity index (χ0v) is 17.0. The van der Waals surface area contributed by atoms with E-state index in [0.29, 0.717) is 18.5 Å². The lowest BCUT2D eigenvalue weighted by Gasteiger charge is -2.34. The zero-order chi connectivity index (χ0) is 18.9. The number of nitrogens with one attached hydrogen (secondary N) is 1. The van der Waals surface area contributed by atoms with Gasteiger partial charge in [0.15, 0.2) is 5.96 Å². The molecule has 1 aromatic carbocycles. The highest BCUT2D eigenvalue weighted by atomic mass is 15.3. The van der Waals surface area contributed by atoms with E-state index in [1.165, 1.54) is 82.4 Å². The van der Waals surface area contributed by atoms with Gasteiger partial charge in [-0.3, -0.25) is 4.90 Å². The molecule has 3 N–H and O–H groups in total. The van der Waals surface area contributed by atoms with E-state index in [1.54, 1.807) is 0 Å². The maximum atomic E-state index is 6.11. The van der Waals surface area contributed by atoms with Crippen molar-refractivity contribution in [2.75, 3.05) is 32.7 Å². The van der Waals surface area contributed by atoms with Crippen molar-refractivity contribution in [2.45, 2.75) is 64.6 Å². The normalized spacial score (nSPS) is 21.1. The van der Waals surface area contributed by atoms with E-state index >= 15 is 0 Å². The first-order valence-electron chi connectivity index (χ1n) is 10.8. The van der Waals surface area contributed by atoms with Crippen molar-refractivity contribution in [3.8, 4) is 0 Å². The van der Waals surface area contributed by atoms with Gasteiger partial charge in [0, 0.05) is 38.8 Å². The highest BCUT2D eigenvalue weighted by molar-refractivity contribution is 5.78. The molecule has 1 heterocycles. The fraction of sp³-hybridized carbons (Fsp3) is 0.682. The van der Waals surface area contributed by atoms with Gasteiger partial charge in [0.1, 0.15) is 0 Å². The SMILES string of the molecule is CCN1CCN(Cc2ccc(CN=C(N)NC3CCCCCC3)cc2)CC1. The summed E-state index contributed by atoms with van der Waals surface area (Å²) in [5.41, 5.74) is 8.72. The summed E-state index contributed by atoms with van der Waals surface area (Å²) in [5, 5.41) is 3.42. The number of nitrogens with zero attached hydrogens (tertiary/aromatic N) is 3. The van der Waals surface area contributed by atoms with Crippen LogP contribution in [0.4, 0.5) is 0 Å². The summed E-state index contributed by atoms with van der Waals surface area (Å²) >= 11 is 0. The smallest absolute Gasteiger partial charge is 0.189 e. The molecule has 3 rings (SSSR count). The van der Waals surface area contributed by atoms with E-state index in [-0.39, 0.29) is 0 Å². The topological polar surface area (TPSA) is 56.9 Å². The largest absolute Gasteiger partial charge is 0.370 e. The molecule has 0 amide bonds. The molecule has 5 heteroatoms. The number of aliphatic imine (C=N–C) groups is 1. The molecule has 2 fully saturated rings. The quantitative estimate of drug-likeness (QED) is 0.459. The van der Waals surface area contributed by atoms with E-state index in [1.807, 2.05) is 0 Å². The van der Waals surface area contributed by atoms with E-state index in [2.05, 4.69) is 51.3 Å². The van der Waals surface area contributed by atoms with Gasteiger partial charge in [-0.15, -0.1) is 0 Å². The Morgan fingerprint density at radius 3 is 2.19 bits per heavy atom. The minimum absolute atomic E-state index is 0.506. The van der Waals surface area contributed by atoms with Gasteiger partial charge in [0.2, 0.25) is 0 Å². The van der Waals surface area contributed by atoms with Gasteiger partial charge < -0.3 is 16.0 Å². The van der Waals surface area contributed by atoms with Crippen LogP contribution in [0.1, 0.15) is 56.6 Å². The molecule has 150 valence electrons. The Kier molecular flexibility index (Phi) is 7.96.